The number of anilines is 1. The van der Waals surface area contributed by atoms with Crippen molar-refractivity contribution < 1.29 is 13.2 Å². The Bertz CT molecular complexity index is 1090. The summed E-state index contributed by atoms with van der Waals surface area (Å²) in [4.78, 5) is 14.6. The van der Waals surface area contributed by atoms with Crippen LogP contribution in [0.5, 0.6) is 0 Å². The van der Waals surface area contributed by atoms with E-state index >= 15 is 0 Å². The van der Waals surface area contributed by atoms with Crippen LogP contribution in [0.2, 0.25) is 0 Å². The maximum absolute atomic E-state index is 12.9. The van der Waals surface area contributed by atoms with Crippen molar-refractivity contribution in [3.63, 3.8) is 0 Å². The number of rotatable bonds is 3. The summed E-state index contributed by atoms with van der Waals surface area (Å²) >= 11 is 0. The van der Waals surface area contributed by atoms with Crippen molar-refractivity contribution in [1.29, 1.82) is 0 Å². The molecule has 0 aliphatic carbocycles. The number of nitrogens with zero attached hydrogens (tertiary/aromatic N) is 2. The summed E-state index contributed by atoms with van der Waals surface area (Å²) in [5, 5.41) is 2.90. The van der Waals surface area contributed by atoms with E-state index in [4.69, 9.17) is 0 Å². The molecular weight excluding hydrogens is 362 g/mol. The highest BCUT2D eigenvalue weighted by atomic mass is 32.2. The minimum atomic E-state index is -3.55. The molecule has 0 saturated heterocycles. The maximum atomic E-state index is 12.9. The van der Waals surface area contributed by atoms with Gasteiger partial charge >= 0.3 is 0 Å². The normalized spacial score (nSPS) is 17.6. The molecule has 136 valence electrons. The number of fused-ring (bicyclic) bond motifs is 1. The summed E-state index contributed by atoms with van der Waals surface area (Å²) in [5.74, 6) is -0.297. The van der Waals surface area contributed by atoms with Gasteiger partial charge in [0.05, 0.1) is 11.3 Å². The molecule has 1 N–H and O–H groups in total. The lowest BCUT2D eigenvalue weighted by Crippen LogP contribution is -2.40. The van der Waals surface area contributed by atoms with Gasteiger partial charge in [0.1, 0.15) is 0 Å². The Morgan fingerprint density at radius 3 is 2.59 bits per heavy atom. The van der Waals surface area contributed by atoms with Crippen molar-refractivity contribution in [1.82, 2.24) is 4.90 Å². The Morgan fingerprint density at radius 1 is 1.04 bits per heavy atom. The zero-order valence-corrected chi connectivity index (χ0v) is 15.2. The molecular formula is C20H17N3O3S. The van der Waals surface area contributed by atoms with E-state index in [1.807, 2.05) is 54.6 Å². The Labute approximate surface area is 157 Å². The molecule has 0 saturated carbocycles. The lowest BCUT2D eigenvalue weighted by Gasteiger charge is -2.28. The van der Waals surface area contributed by atoms with Gasteiger partial charge in [-0.25, -0.2) is 8.42 Å². The van der Waals surface area contributed by atoms with Crippen molar-refractivity contribution in [3.8, 4) is 11.1 Å². The fourth-order valence-electron chi connectivity index (χ4n) is 3.04. The van der Waals surface area contributed by atoms with Gasteiger partial charge in [-0.15, -0.1) is 4.40 Å². The van der Waals surface area contributed by atoms with Gasteiger partial charge in [0.25, 0.3) is 15.9 Å². The van der Waals surface area contributed by atoms with Gasteiger partial charge in [0.15, 0.2) is 5.84 Å². The second-order valence-electron chi connectivity index (χ2n) is 6.18. The molecule has 2 aromatic rings. The minimum absolute atomic E-state index is 0.0629. The zero-order valence-electron chi connectivity index (χ0n) is 14.4. The van der Waals surface area contributed by atoms with Gasteiger partial charge < -0.3 is 10.2 Å². The lowest BCUT2D eigenvalue weighted by atomic mass is 10.0. The van der Waals surface area contributed by atoms with Gasteiger partial charge in [-0.3, -0.25) is 4.79 Å². The van der Waals surface area contributed by atoms with E-state index in [2.05, 4.69) is 9.71 Å². The first-order valence-electron chi connectivity index (χ1n) is 8.47. The second-order valence-corrected chi connectivity index (χ2v) is 7.94. The average molecular weight is 379 g/mol. The second kappa shape index (κ2) is 6.85. The van der Waals surface area contributed by atoms with Crippen LogP contribution in [0.1, 0.15) is 0 Å². The molecule has 2 aliphatic heterocycles. The number of amidine groups is 1. The summed E-state index contributed by atoms with van der Waals surface area (Å²) < 4.78 is 27.5. The Hall–Kier alpha value is -3.19. The van der Waals surface area contributed by atoms with Crippen LogP contribution in [0.4, 0.5) is 5.69 Å². The number of benzene rings is 2. The third kappa shape index (κ3) is 3.54. The molecule has 0 aromatic heterocycles. The number of hydrogen-bond acceptors (Lipinski definition) is 4. The highest BCUT2D eigenvalue weighted by Crippen LogP contribution is 2.28. The van der Waals surface area contributed by atoms with Crippen molar-refractivity contribution >= 4 is 27.5 Å². The number of carbonyl (C=O) groups is 1. The topological polar surface area (TPSA) is 78.8 Å². The third-order valence-corrected chi connectivity index (χ3v) is 5.51. The van der Waals surface area contributed by atoms with Crippen molar-refractivity contribution in [2.75, 3.05) is 17.6 Å². The largest absolute Gasteiger partial charge is 0.331 e. The summed E-state index contributed by atoms with van der Waals surface area (Å²) in [6.07, 6.45) is 5.02. The van der Waals surface area contributed by atoms with E-state index in [0.717, 1.165) is 11.1 Å². The van der Waals surface area contributed by atoms with Crippen LogP contribution in [-0.2, 0) is 14.8 Å². The molecule has 0 unspecified atom stereocenters. The maximum Gasteiger partial charge on any atom is 0.259 e. The predicted octanol–water partition coefficient (Wildman–Crippen LogP) is 2.79. The van der Waals surface area contributed by atoms with Gasteiger partial charge in [0, 0.05) is 24.0 Å². The fraction of sp³-hybridized carbons (Fsp3) is 0.100. The van der Waals surface area contributed by atoms with Crippen molar-refractivity contribution in [3.05, 3.63) is 78.5 Å². The molecule has 27 heavy (non-hydrogen) atoms. The molecule has 2 heterocycles. The summed E-state index contributed by atoms with van der Waals surface area (Å²) in [7, 11) is -3.55. The molecule has 1 amide bonds. The van der Waals surface area contributed by atoms with Crippen LogP contribution in [0.3, 0.4) is 0 Å². The van der Waals surface area contributed by atoms with E-state index in [9.17, 15) is 13.2 Å². The number of carbonyl (C=O) groups excluding carboxylic acids is 1. The fourth-order valence-corrected chi connectivity index (χ4v) is 4.03. The molecule has 6 nitrogen and oxygen atoms in total. The molecule has 2 aliphatic rings. The molecule has 7 heteroatoms. The van der Waals surface area contributed by atoms with Crippen LogP contribution in [0, 0.1) is 0 Å². The monoisotopic (exact) mass is 379 g/mol. The lowest BCUT2D eigenvalue weighted by molar-refractivity contribution is -0.112. The summed E-state index contributed by atoms with van der Waals surface area (Å²) in [5.41, 5.74) is 2.73. The first-order valence-corrected chi connectivity index (χ1v) is 10.1. The predicted molar refractivity (Wildman–Crippen MR) is 106 cm³/mol. The van der Waals surface area contributed by atoms with Crippen LogP contribution in [-0.4, -0.2) is 37.4 Å². The van der Waals surface area contributed by atoms with Crippen LogP contribution >= 0.6 is 0 Å². The first-order chi connectivity index (χ1) is 13.0. The quantitative estimate of drug-likeness (QED) is 0.889. The highest BCUT2D eigenvalue weighted by molar-refractivity contribution is 7.90. The first kappa shape index (κ1) is 17.2. The molecule has 0 spiro atoms. The average Bonchev–Trinajstić information content (AvgIpc) is 2.68. The molecule has 0 bridgehead atoms. The van der Waals surface area contributed by atoms with E-state index in [1.165, 1.54) is 0 Å². The number of amides is 1. The van der Waals surface area contributed by atoms with E-state index < -0.39 is 15.9 Å². The molecule has 0 radical (unpaired) electrons. The van der Waals surface area contributed by atoms with Gasteiger partial charge in [-0.2, -0.15) is 0 Å². The minimum Gasteiger partial charge on any atom is -0.331 e. The van der Waals surface area contributed by atoms with Gasteiger partial charge in [0.2, 0.25) is 0 Å². The van der Waals surface area contributed by atoms with E-state index in [-0.39, 0.29) is 23.7 Å². The number of hydrogen-bond donors (Lipinski definition) is 1. The van der Waals surface area contributed by atoms with Crippen molar-refractivity contribution in [2.24, 2.45) is 4.40 Å². The number of sulfonamides is 1. The Kier molecular flexibility index (Phi) is 4.37. The summed E-state index contributed by atoms with van der Waals surface area (Å²) in [6.45, 7) is 0.281. The van der Waals surface area contributed by atoms with Crippen LogP contribution in [0.15, 0.2) is 82.9 Å². The molecule has 2 aromatic carbocycles. The SMILES string of the molecule is O=C(Nc1ccccc1-c1ccccc1)C1=CC=CN2CCS(=O)(=O)N=C12. The summed E-state index contributed by atoms with van der Waals surface area (Å²) in [6, 6.07) is 17.2. The van der Waals surface area contributed by atoms with E-state index in [0.29, 0.717) is 5.69 Å². The Balaban J connectivity index is 1.67. The van der Waals surface area contributed by atoms with Crippen LogP contribution < -0.4 is 5.32 Å². The number of para-hydroxylation sites is 1. The third-order valence-electron chi connectivity index (χ3n) is 4.36. The standard InChI is InChI=1S/C20H17N3O3S/c24-20(17-10-6-12-23-13-14-27(25,26)22-19(17)23)21-18-11-5-4-9-16(18)15-7-2-1-3-8-15/h1-12H,13-14H2,(H,21,24). The number of allylic oxidation sites excluding steroid dienone is 2. The van der Waals surface area contributed by atoms with Crippen molar-refractivity contribution in [2.45, 2.75) is 0 Å². The smallest absolute Gasteiger partial charge is 0.259 e. The highest BCUT2D eigenvalue weighted by Gasteiger charge is 2.30. The molecule has 0 fully saturated rings. The zero-order chi connectivity index (χ0) is 18.9. The van der Waals surface area contributed by atoms with Crippen LogP contribution in [0.25, 0.3) is 11.1 Å². The van der Waals surface area contributed by atoms with Gasteiger partial charge in [-0.1, -0.05) is 48.5 Å². The Morgan fingerprint density at radius 2 is 1.78 bits per heavy atom. The van der Waals surface area contributed by atoms with Gasteiger partial charge in [-0.05, 0) is 23.8 Å². The van der Waals surface area contributed by atoms with E-state index in [1.54, 1.807) is 23.3 Å². The molecule has 0 atom stereocenters. The number of nitrogens with one attached hydrogen (secondary N) is 1. The molecule has 4 rings (SSSR count).